The number of nitrogens with one attached hydrogen (secondary N) is 1. The van der Waals surface area contributed by atoms with E-state index in [0.29, 0.717) is 12.6 Å². The molecule has 24 heavy (non-hydrogen) atoms. The quantitative estimate of drug-likeness (QED) is 0.902. The highest BCUT2D eigenvalue weighted by Gasteiger charge is 2.44. The monoisotopic (exact) mass is 343 g/mol. The van der Waals surface area contributed by atoms with Crippen LogP contribution in [0.4, 0.5) is 0 Å². The van der Waals surface area contributed by atoms with Crippen molar-refractivity contribution >= 4 is 17.2 Å². The molecular weight excluding hydrogens is 322 g/mol. The van der Waals surface area contributed by atoms with Gasteiger partial charge in [0.2, 0.25) is 5.91 Å². The minimum absolute atomic E-state index is 0.0461. The second-order valence-corrected chi connectivity index (χ2v) is 7.46. The van der Waals surface area contributed by atoms with Gasteiger partial charge in [-0.3, -0.25) is 4.79 Å². The van der Waals surface area contributed by atoms with Crippen molar-refractivity contribution in [1.82, 2.24) is 5.32 Å². The van der Waals surface area contributed by atoms with E-state index >= 15 is 0 Å². The molecule has 2 saturated heterocycles. The van der Waals surface area contributed by atoms with Crippen LogP contribution < -0.4 is 10.1 Å². The molecule has 2 aliphatic heterocycles. The maximum atomic E-state index is 12.4. The fraction of sp³-hybridized carbons (Fsp3) is 0.421. The lowest BCUT2D eigenvalue weighted by atomic mass is 9.88. The number of amides is 1. The fourth-order valence-electron chi connectivity index (χ4n) is 3.63. The number of carbonyl (C=O) groups is 1. The summed E-state index contributed by atoms with van der Waals surface area (Å²) in [5.41, 5.74) is 2.33. The Bertz CT molecular complexity index is 724. The lowest BCUT2D eigenvalue weighted by Gasteiger charge is -2.17. The third-order valence-corrected chi connectivity index (χ3v) is 5.89. The highest BCUT2D eigenvalue weighted by Crippen LogP contribution is 2.38. The normalized spacial score (nSPS) is 25.0. The van der Waals surface area contributed by atoms with E-state index in [1.54, 1.807) is 18.4 Å². The van der Waals surface area contributed by atoms with Crippen molar-refractivity contribution in [3.8, 4) is 16.9 Å². The maximum Gasteiger partial charge on any atom is 0.226 e. The van der Waals surface area contributed by atoms with E-state index in [0.717, 1.165) is 30.6 Å². The Morgan fingerprint density at radius 3 is 2.79 bits per heavy atom. The molecule has 0 saturated carbocycles. The second kappa shape index (κ2) is 6.57. The molecule has 2 fully saturated rings. The first-order valence-electron chi connectivity index (χ1n) is 8.38. The molecule has 3 heterocycles. The Morgan fingerprint density at radius 2 is 2.12 bits per heavy atom. The predicted molar refractivity (Wildman–Crippen MR) is 94.2 cm³/mol. The van der Waals surface area contributed by atoms with E-state index in [9.17, 15) is 4.79 Å². The molecule has 0 aliphatic carbocycles. The van der Waals surface area contributed by atoms with Crippen LogP contribution in [0.5, 0.6) is 5.75 Å². The third-order valence-electron chi connectivity index (χ3n) is 4.96. The first kappa shape index (κ1) is 15.7. The average Bonchev–Trinajstić information content (AvgIpc) is 3.36. The lowest BCUT2D eigenvalue weighted by molar-refractivity contribution is -0.126. The van der Waals surface area contributed by atoms with Crippen LogP contribution in [0.25, 0.3) is 11.1 Å². The van der Waals surface area contributed by atoms with Gasteiger partial charge in [0.15, 0.2) is 0 Å². The molecule has 0 radical (unpaired) electrons. The van der Waals surface area contributed by atoms with Crippen LogP contribution in [0.1, 0.15) is 24.1 Å². The summed E-state index contributed by atoms with van der Waals surface area (Å²) in [5, 5.41) is 5.21. The zero-order chi connectivity index (χ0) is 16.5. The molecule has 0 spiro atoms. The van der Waals surface area contributed by atoms with Crippen molar-refractivity contribution in [3.63, 3.8) is 0 Å². The van der Waals surface area contributed by atoms with Crippen molar-refractivity contribution in [2.24, 2.45) is 5.92 Å². The third kappa shape index (κ3) is 3.06. The number of thiophene rings is 1. The van der Waals surface area contributed by atoms with Crippen molar-refractivity contribution < 1.29 is 14.3 Å². The fourth-order valence-corrected chi connectivity index (χ4v) is 4.46. The zero-order valence-corrected chi connectivity index (χ0v) is 14.5. The molecule has 0 unspecified atom stereocenters. The standard InChI is InChI=1S/C19H21NO3S/c1-22-14-4-2-12(3-5-14)13-8-16(24-11-13)10-20-19(21)17-9-15-6-7-18(17)23-15/h2-5,8,11,15,17-18H,6-7,9-10H2,1H3,(H,20,21)/t15-,17+,18-/m1/s1. The minimum atomic E-state index is 0.0461. The number of rotatable bonds is 5. The molecule has 1 aromatic carbocycles. The molecule has 1 aromatic heterocycles. The molecule has 5 heteroatoms. The topological polar surface area (TPSA) is 47.6 Å². The molecule has 2 aliphatic rings. The van der Waals surface area contributed by atoms with Crippen molar-refractivity contribution in [3.05, 3.63) is 40.6 Å². The van der Waals surface area contributed by atoms with Gasteiger partial charge in [-0.2, -0.15) is 0 Å². The second-order valence-electron chi connectivity index (χ2n) is 6.46. The molecule has 4 nitrogen and oxygen atoms in total. The molecule has 126 valence electrons. The van der Waals surface area contributed by atoms with Crippen molar-refractivity contribution in [2.45, 2.75) is 38.0 Å². The average molecular weight is 343 g/mol. The Labute approximate surface area is 145 Å². The highest BCUT2D eigenvalue weighted by atomic mass is 32.1. The summed E-state index contributed by atoms with van der Waals surface area (Å²) in [6.45, 7) is 0.591. The van der Waals surface area contributed by atoms with Gasteiger partial charge in [0.1, 0.15) is 5.75 Å². The van der Waals surface area contributed by atoms with Crippen LogP contribution in [0, 0.1) is 5.92 Å². The summed E-state index contributed by atoms with van der Waals surface area (Å²) in [4.78, 5) is 13.5. The Morgan fingerprint density at radius 1 is 1.29 bits per heavy atom. The van der Waals surface area contributed by atoms with Crippen LogP contribution in [0.3, 0.4) is 0 Å². The predicted octanol–water partition coefficient (Wildman–Crippen LogP) is 3.61. The summed E-state index contributed by atoms with van der Waals surface area (Å²) in [6.07, 6.45) is 3.49. The summed E-state index contributed by atoms with van der Waals surface area (Å²) in [5.74, 6) is 1.04. The first-order valence-corrected chi connectivity index (χ1v) is 9.26. The summed E-state index contributed by atoms with van der Waals surface area (Å²) < 4.78 is 11.0. The number of fused-ring (bicyclic) bond motifs is 2. The Kier molecular flexibility index (Phi) is 4.29. The van der Waals surface area contributed by atoms with Gasteiger partial charge in [0.05, 0.1) is 31.8 Å². The Balaban J connectivity index is 1.35. The largest absolute Gasteiger partial charge is 0.497 e. The molecule has 1 N–H and O–H groups in total. The smallest absolute Gasteiger partial charge is 0.226 e. The molecule has 3 atom stereocenters. The van der Waals surface area contributed by atoms with E-state index in [1.807, 2.05) is 12.1 Å². The number of carbonyl (C=O) groups excluding carboxylic acids is 1. The number of hydrogen-bond donors (Lipinski definition) is 1. The van der Waals surface area contributed by atoms with Gasteiger partial charge in [0.25, 0.3) is 0 Å². The van der Waals surface area contributed by atoms with Crippen molar-refractivity contribution in [2.75, 3.05) is 7.11 Å². The lowest BCUT2D eigenvalue weighted by Crippen LogP contribution is -2.35. The zero-order valence-electron chi connectivity index (χ0n) is 13.7. The SMILES string of the molecule is COc1ccc(-c2csc(CNC(=O)[C@H]3C[C@H]4CC[C@H]3O4)c2)cc1. The molecular formula is C19H21NO3S. The number of ether oxygens (including phenoxy) is 2. The molecule has 1 amide bonds. The van der Waals surface area contributed by atoms with E-state index in [1.165, 1.54) is 10.4 Å². The van der Waals surface area contributed by atoms with E-state index in [-0.39, 0.29) is 17.9 Å². The number of hydrogen-bond acceptors (Lipinski definition) is 4. The molecule has 2 bridgehead atoms. The molecule has 2 aromatic rings. The summed E-state index contributed by atoms with van der Waals surface area (Å²) >= 11 is 1.68. The summed E-state index contributed by atoms with van der Waals surface area (Å²) in [6, 6.07) is 10.2. The minimum Gasteiger partial charge on any atom is -0.497 e. The number of benzene rings is 1. The van der Waals surface area contributed by atoms with Gasteiger partial charge in [-0.15, -0.1) is 11.3 Å². The van der Waals surface area contributed by atoms with E-state index in [2.05, 4.69) is 28.9 Å². The van der Waals surface area contributed by atoms with Gasteiger partial charge in [-0.05, 0) is 54.0 Å². The first-order chi connectivity index (χ1) is 11.7. The van der Waals surface area contributed by atoms with Gasteiger partial charge in [-0.1, -0.05) is 12.1 Å². The van der Waals surface area contributed by atoms with Gasteiger partial charge < -0.3 is 14.8 Å². The van der Waals surface area contributed by atoms with Gasteiger partial charge >= 0.3 is 0 Å². The van der Waals surface area contributed by atoms with Gasteiger partial charge in [-0.25, -0.2) is 0 Å². The van der Waals surface area contributed by atoms with Crippen LogP contribution in [-0.2, 0) is 16.1 Å². The highest BCUT2D eigenvalue weighted by molar-refractivity contribution is 7.10. The van der Waals surface area contributed by atoms with Crippen LogP contribution in [0.2, 0.25) is 0 Å². The summed E-state index contributed by atoms with van der Waals surface area (Å²) in [7, 11) is 1.67. The van der Waals surface area contributed by atoms with E-state index < -0.39 is 0 Å². The van der Waals surface area contributed by atoms with Crippen molar-refractivity contribution in [1.29, 1.82) is 0 Å². The van der Waals surface area contributed by atoms with Crippen LogP contribution in [0.15, 0.2) is 35.7 Å². The maximum absolute atomic E-state index is 12.4. The molecule has 4 rings (SSSR count). The van der Waals surface area contributed by atoms with Gasteiger partial charge in [0, 0.05) is 4.88 Å². The number of methoxy groups -OCH3 is 1. The van der Waals surface area contributed by atoms with Crippen LogP contribution in [-0.4, -0.2) is 25.2 Å². The van der Waals surface area contributed by atoms with E-state index in [4.69, 9.17) is 9.47 Å². The Hall–Kier alpha value is -1.85. The van der Waals surface area contributed by atoms with Crippen LogP contribution >= 0.6 is 11.3 Å².